The van der Waals surface area contributed by atoms with Crippen molar-refractivity contribution in [3.8, 4) is 16.6 Å². The van der Waals surface area contributed by atoms with Crippen LogP contribution in [0.5, 0.6) is 0 Å². The Morgan fingerprint density at radius 1 is 1.31 bits per heavy atom. The minimum Gasteiger partial charge on any atom is -0.454 e. The summed E-state index contributed by atoms with van der Waals surface area (Å²) in [5.41, 5.74) is 2.40. The Morgan fingerprint density at radius 2 is 2.15 bits per heavy atom. The average Bonchev–Trinajstić information content (AvgIpc) is 3.32. The highest BCUT2D eigenvalue weighted by molar-refractivity contribution is 7.12. The predicted molar refractivity (Wildman–Crippen MR) is 103 cm³/mol. The van der Waals surface area contributed by atoms with E-state index in [1.807, 2.05) is 55.6 Å². The topological polar surface area (TPSA) is 73.0 Å². The molecule has 4 aromatic rings. The monoisotopic (exact) mass is 366 g/mol. The second-order valence-electron chi connectivity index (χ2n) is 6.04. The molecule has 0 bridgehead atoms. The van der Waals surface area contributed by atoms with Gasteiger partial charge in [0.05, 0.1) is 5.69 Å². The summed E-state index contributed by atoms with van der Waals surface area (Å²) in [6.07, 6.45) is 1.28. The third-order valence-corrected chi connectivity index (χ3v) is 4.74. The standard InChI is InChI=1S/C19H18N4O2S/c1-3-6-18(24)21-17-9-12(2)22-23(17)19-20-14(11-26-19)16-10-13-7-4-5-8-15(13)25-16/h4-5,7-11H,3,6H2,1-2H3,(H,21,24). The first-order valence-electron chi connectivity index (χ1n) is 8.45. The lowest BCUT2D eigenvalue weighted by Gasteiger charge is -2.05. The molecular formula is C19H18N4O2S. The maximum atomic E-state index is 11.9. The lowest BCUT2D eigenvalue weighted by atomic mass is 10.2. The van der Waals surface area contributed by atoms with Crippen LogP contribution in [0.1, 0.15) is 25.5 Å². The van der Waals surface area contributed by atoms with Crippen LogP contribution in [-0.4, -0.2) is 20.7 Å². The quantitative estimate of drug-likeness (QED) is 0.551. The number of aryl methyl sites for hydroxylation is 1. The molecule has 3 heterocycles. The van der Waals surface area contributed by atoms with E-state index in [-0.39, 0.29) is 5.91 Å². The van der Waals surface area contributed by atoms with E-state index in [9.17, 15) is 4.79 Å². The largest absolute Gasteiger partial charge is 0.454 e. The van der Waals surface area contributed by atoms with Gasteiger partial charge in [0, 0.05) is 23.3 Å². The van der Waals surface area contributed by atoms with Crippen molar-refractivity contribution >= 4 is 34.0 Å². The number of furan rings is 1. The number of fused-ring (bicyclic) bond motifs is 1. The summed E-state index contributed by atoms with van der Waals surface area (Å²) >= 11 is 1.45. The van der Waals surface area contributed by atoms with Gasteiger partial charge in [-0.3, -0.25) is 4.79 Å². The molecule has 0 saturated carbocycles. The molecule has 0 fully saturated rings. The van der Waals surface area contributed by atoms with Crippen molar-refractivity contribution in [1.82, 2.24) is 14.8 Å². The molecule has 0 aliphatic rings. The lowest BCUT2D eigenvalue weighted by molar-refractivity contribution is -0.116. The molecule has 0 atom stereocenters. The van der Waals surface area contributed by atoms with Gasteiger partial charge in [-0.15, -0.1) is 11.3 Å². The molecule has 7 heteroatoms. The van der Waals surface area contributed by atoms with Gasteiger partial charge in [0.1, 0.15) is 17.1 Å². The van der Waals surface area contributed by atoms with E-state index >= 15 is 0 Å². The van der Waals surface area contributed by atoms with E-state index in [1.54, 1.807) is 4.68 Å². The van der Waals surface area contributed by atoms with Crippen LogP contribution in [0, 0.1) is 6.92 Å². The highest BCUT2D eigenvalue weighted by Gasteiger charge is 2.15. The predicted octanol–water partition coefficient (Wildman–Crippen LogP) is 4.79. The number of nitrogens with zero attached hydrogens (tertiary/aromatic N) is 3. The maximum absolute atomic E-state index is 11.9. The summed E-state index contributed by atoms with van der Waals surface area (Å²) < 4.78 is 7.55. The van der Waals surface area contributed by atoms with Crippen LogP contribution >= 0.6 is 11.3 Å². The summed E-state index contributed by atoms with van der Waals surface area (Å²) in [6, 6.07) is 11.7. The number of para-hydroxylation sites is 1. The number of nitrogens with one attached hydrogen (secondary N) is 1. The third-order valence-electron chi connectivity index (χ3n) is 3.93. The molecule has 1 N–H and O–H groups in total. The normalized spacial score (nSPS) is 11.2. The Labute approximate surface area is 154 Å². The fourth-order valence-corrected chi connectivity index (χ4v) is 3.53. The van der Waals surface area contributed by atoms with E-state index in [2.05, 4.69) is 15.4 Å². The first kappa shape index (κ1) is 16.5. The van der Waals surface area contributed by atoms with Crippen LogP contribution < -0.4 is 5.32 Å². The Balaban J connectivity index is 1.67. The molecule has 0 saturated heterocycles. The molecule has 1 amide bonds. The fourth-order valence-electron chi connectivity index (χ4n) is 2.75. The number of thiazole rings is 1. The second kappa shape index (κ2) is 6.76. The van der Waals surface area contributed by atoms with E-state index < -0.39 is 0 Å². The van der Waals surface area contributed by atoms with Gasteiger partial charge in [-0.1, -0.05) is 25.1 Å². The summed E-state index contributed by atoms with van der Waals surface area (Å²) in [6.45, 7) is 3.86. The number of carbonyl (C=O) groups excluding carboxylic acids is 1. The number of hydrogen-bond donors (Lipinski definition) is 1. The van der Waals surface area contributed by atoms with Crippen LogP contribution in [0.15, 0.2) is 46.2 Å². The molecule has 1 aromatic carbocycles. The first-order chi connectivity index (χ1) is 12.6. The number of anilines is 1. The van der Waals surface area contributed by atoms with Crippen molar-refractivity contribution in [3.05, 3.63) is 47.5 Å². The molecule has 132 valence electrons. The van der Waals surface area contributed by atoms with Crippen molar-refractivity contribution in [2.24, 2.45) is 0 Å². The van der Waals surface area contributed by atoms with Crippen LogP contribution in [-0.2, 0) is 4.79 Å². The van der Waals surface area contributed by atoms with Gasteiger partial charge < -0.3 is 9.73 Å². The third kappa shape index (κ3) is 3.13. The number of hydrogen-bond acceptors (Lipinski definition) is 5. The zero-order valence-corrected chi connectivity index (χ0v) is 15.3. The van der Waals surface area contributed by atoms with Gasteiger partial charge in [0.15, 0.2) is 5.76 Å². The average molecular weight is 366 g/mol. The zero-order chi connectivity index (χ0) is 18.1. The number of rotatable bonds is 5. The molecule has 0 radical (unpaired) electrons. The summed E-state index contributed by atoms with van der Waals surface area (Å²) in [4.78, 5) is 16.6. The fraction of sp³-hybridized carbons (Fsp3) is 0.211. The second-order valence-corrected chi connectivity index (χ2v) is 6.88. The Morgan fingerprint density at radius 3 is 2.96 bits per heavy atom. The van der Waals surface area contributed by atoms with E-state index in [0.29, 0.717) is 23.1 Å². The van der Waals surface area contributed by atoms with E-state index in [1.165, 1.54) is 11.3 Å². The van der Waals surface area contributed by atoms with E-state index in [4.69, 9.17) is 4.42 Å². The van der Waals surface area contributed by atoms with Crippen molar-refractivity contribution in [2.45, 2.75) is 26.7 Å². The van der Waals surface area contributed by atoms with Gasteiger partial charge in [-0.05, 0) is 25.5 Å². The molecule has 0 aliphatic heterocycles. The van der Waals surface area contributed by atoms with E-state index in [0.717, 1.165) is 28.8 Å². The number of amides is 1. The molecule has 26 heavy (non-hydrogen) atoms. The van der Waals surface area contributed by atoms with Crippen LogP contribution in [0.25, 0.3) is 27.6 Å². The molecule has 3 aromatic heterocycles. The minimum absolute atomic E-state index is 0.0253. The van der Waals surface area contributed by atoms with Crippen LogP contribution in [0.4, 0.5) is 5.82 Å². The molecule has 0 unspecified atom stereocenters. The van der Waals surface area contributed by atoms with Crippen LogP contribution in [0.2, 0.25) is 0 Å². The van der Waals surface area contributed by atoms with Crippen LogP contribution in [0.3, 0.4) is 0 Å². The van der Waals surface area contributed by atoms with Crippen molar-refractivity contribution in [3.63, 3.8) is 0 Å². The number of aromatic nitrogens is 3. The maximum Gasteiger partial charge on any atom is 0.225 e. The molecule has 4 rings (SSSR count). The highest BCUT2D eigenvalue weighted by Crippen LogP contribution is 2.30. The Bertz CT molecular complexity index is 1040. The molecule has 0 spiro atoms. The first-order valence-corrected chi connectivity index (χ1v) is 9.33. The zero-order valence-electron chi connectivity index (χ0n) is 14.5. The molecular weight excluding hydrogens is 348 g/mol. The summed E-state index contributed by atoms with van der Waals surface area (Å²) in [5.74, 6) is 1.32. The van der Waals surface area contributed by atoms with Crippen molar-refractivity contribution < 1.29 is 9.21 Å². The van der Waals surface area contributed by atoms with Gasteiger partial charge in [0.2, 0.25) is 11.0 Å². The Hall–Kier alpha value is -2.93. The SMILES string of the molecule is CCCC(=O)Nc1cc(C)nn1-c1nc(-c2cc3ccccc3o2)cs1. The Kier molecular flexibility index (Phi) is 4.30. The van der Waals surface area contributed by atoms with Crippen molar-refractivity contribution in [2.75, 3.05) is 5.32 Å². The molecule has 6 nitrogen and oxygen atoms in total. The van der Waals surface area contributed by atoms with Gasteiger partial charge >= 0.3 is 0 Å². The summed E-state index contributed by atoms with van der Waals surface area (Å²) in [5, 5.41) is 11.0. The smallest absolute Gasteiger partial charge is 0.225 e. The van der Waals surface area contributed by atoms with Crippen molar-refractivity contribution in [1.29, 1.82) is 0 Å². The number of benzene rings is 1. The molecule has 0 aliphatic carbocycles. The highest BCUT2D eigenvalue weighted by atomic mass is 32.1. The summed E-state index contributed by atoms with van der Waals surface area (Å²) in [7, 11) is 0. The van der Waals surface area contributed by atoms with Gasteiger partial charge in [-0.25, -0.2) is 4.98 Å². The number of carbonyl (C=O) groups is 1. The lowest BCUT2D eigenvalue weighted by Crippen LogP contribution is -2.14. The van der Waals surface area contributed by atoms with Gasteiger partial charge in [0.25, 0.3) is 0 Å². The minimum atomic E-state index is -0.0253. The van der Waals surface area contributed by atoms with Gasteiger partial charge in [-0.2, -0.15) is 9.78 Å².